The lowest BCUT2D eigenvalue weighted by molar-refractivity contribution is -0.147. The third-order valence-corrected chi connectivity index (χ3v) is 5.17. The van der Waals surface area contributed by atoms with Gasteiger partial charge in [-0.1, -0.05) is 96.8 Å². The normalized spacial score (nSPS) is 12.8. The van der Waals surface area contributed by atoms with Crippen LogP contribution < -0.4 is 0 Å². The first kappa shape index (κ1) is 27.5. The second-order valence-corrected chi connectivity index (χ2v) is 8.30. The van der Waals surface area contributed by atoms with E-state index in [0.29, 0.717) is 6.42 Å². The molecule has 0 aromatic rings. The van der Waals surface area contributed by atoms with Gasteiger partial charge in [-0.2, -0.15) is 0 Å². The van der Waals surface area contributed by atoms with Crippen molar-refractivity contribution in [3.8, 4) is 0 Å². The quantitative estimate of drug-likeness (QED) is 0.138. The summed E-state index contributed by atoms with van der Waals surface area (Å²) in [6, 6.07) is 0. The molecule has 28 heavy (non-hydrogen) atoms. The van der Waals surface area contributed by atoms with Crippen LogP contribution in [0.4, 0.5) is 0 Å². The van der Waals surface area contributed by atoms with Crippen molar-refractivity contribution < 1.29 is 28.6 Å². The maximum atomic E-state index is 11.5. The van der Waals surface area contributed by atoms with Crippen LogP contribution in [0.5, 0.6) is 0 Å². The molecule has 0 amide bonds. The van der Waals surface area contributed by atoms with E-state index in [-0.39, 0.29) is 19.2 Å². The van der Waals surface area contributed by atoms with E-state index in [4.69, 9.17) is 9.63 Å². The van der Waals surface area contributed by atoms with E-state index in [2.05, 4.69) is 11.4 Å². The summed E-state index contributed by atoms with van der Waals surface area (Å²) < 4.78 is 19.6. The van der Waals surface area contributed by atoms with Gasteiger partial charge < -0.3 is 9.84 Å². The lowest BCUT2D eigenvalue weighted by atomic mass is 10.0. The Labute approximate surface area is 172 Å². The first-order valence-electron chi connectivity index (χ1n) is 11.2. The molecule has 2 unspecified atom stereocenters. The maximum Gasteiger partial charge on any atom is 0.694 e. The molecule has 0 fully saturated rings. The van der Waals surface area contributed by atoms with Crippen molar-refractivity contribution in [2.75, 3.05) is 13.2 Å². The molecular formula is C21H42O6P+. The van der Waals surface area contributed by atoms with E-state index in [1.54, 1.807) is 0 Å². The van der Waals surface area contributed by atoms with E-state index in [0.717, 1.165) is 19.3 Å². The number of unbranched alkanes of at least 4 members (excludes halogenated alkanes) is 14. The molecule has 0 bridgehead atoms. The maximum absolute atomic E-state index is 11.5. The molecule has 2 N–H and O–H groups in total. The molecule has 0 aliphatic heterocycles. The van der Waals surface area contributed by atoms with Gasteiger partial charge in [-0.15, -0.1) is 9.42 Å². The van der Waals surface area contributed by atoms with Gasteiger partial charge in [-0.05, 0) is 6.42 Å². The summed E-state index contributed by atoms with van der Waals surface area (Å²) >= 11 is 0. The topological polar surface area (TPSA) is 93.1 Å². The van der Waals surface area contributed by atoms with Gasteiger partial charge in [0.2, 0.25) is 0 Å². The van der Waals surface area contributed by atoms with Gasteiger partial charge in [0, 0.05) is 11.0 Å². The van der Waals surface area contributed by atoms with Crippen LogP contribution in [0, 0.1) is 0 Å². The Hall–Kier alpha value is -0.550. The summed E-state index contributed by atoms with van der Waals surface area (Å²) in [4.78, 5) is 20.0. The minimum absolute atomic E-state index is 0.208. The number of aliphatic hydroxyl groups is 1. The molecule has 0 saturated heterocycles. The van der Waals surface area contributed by atoms with Crippen molar-refractivity contribution >= 4 is 14.2 Å². The highest BCUT2D eigenvalue weighted by atomic mass is 31.1. The van der Waals surface area contributed by atoms with E-state index in [1.165, 1.54) is 77.0 Å². The predicted molar refractivity (Wildman–Crippen MR) is 112 cm³/mol. The Kier molecular flexibility index (Phi) is 20.8. The minimum atomic E-state index is -2.74. The van der Waals surface area contributed by atoms with Crippen LogP contribution in [0.3, 0.4) is 0 Å². The van der Waals surface area contributed by atoms with Crippen molar-refractivity contribution in [2.24, 2.45) is 0 Å². The average Bonchev–Trinajstić information content (AvgIpc) is 2.67. The van der Waals surface area contributed by atoms with Gasteiger partial charge in [0.15, 0.2) is 0 Å². The Morgan fingerprint density at radius 3 is 1.64 bits per heavy atom. The lowest BCUT2D eigenvalue weighted by Crippen LogP contribution is -2.22. The fraction of sp³-hybridized carbons (Fsp3) is 0.952. The minimum Gasteiger partial charge on any atom is -0.463 e. The molecule has 0 aromatic carbocycles. The monoisotopic (exact) mass is 421 g/mol. The van der Waals surface area contributed by atoms with Crippen molar-refractivity contribution in [1.29, 1.82) is 0 Å². The SMILES string of the molecule is CCCCCCCCCCCCCCCCCC(=O)OCC(O)CO[P+](=O)O. The van der Waals surface area contributed by atoms with Crippen molar-refractivity contribution in [2.45, 2.75) is 116 Å². The zero-order valence-electron chi connectivity index (χ0n) is 17.8. The number of hydrogen-bond donors (Lipinski definition) is 2. The highest BCUT2D eigenvalue weighted by Crippen LogP contribution is 2.15. The standard InChI is InChI=1S/C21H41O6P/c1-2-3-4-5-6-7-8-9-10-11-12-13-14-15-16-17-21(23)26-18-20(22)19-27-28(24)25/h20,22H,2-19H2,1H3/p+1. The van der Waals surface area contributed by atoms with Gasteiger partial charge in [0.25, 0.3) is 0 Å². The molecule has 0 rings (SSSR count). The highest BCUT2D eigenvalue weighted by Gasteiger charge is 2.17. The third kappa shape index (κ3) is 21.7. The summed E-state index contributed by atoms with van der Waals surface area (Å²) in [5.74, 6) is -0.345. The van der Waals surface area contributed by atoms with Crippen LogP contribution in [0.2, 0.25) is 0 Å². The Morgan fingerprint density at radius 2 is 1.21 bits per heavy atom. The highest BCUT2D eigenvalue weighted by molar-refractivity contribution is 7.32. The van der Waals surface area contributed by atoms with Crippen LogP contribution in [0.15, 0.2) is 0 Å². The molecule has 0 heterocycles. The van der Waals surface area contributed by atoms with Crippen LogP contribution in [0.1, 0.15) is 110 Å². The van der Waals surface area contributed by atoms with Gasteiger partial charge in [0.1, 0.15) is 19.3 Å². The molecule has 0 spiro atoms. The average molecular weight is 422 g/mol. The Bertz CT molecular complexity index is 378. The van der Waals surface area contributed by atoms with E-state index < -0.39 is 14.4 Å². The van der Waals surface area contributed by atoms with Crippen LogP contribution in [-0.4, -0.2) is 35.3 Å². The van der Waals surface area contributed by atoms with Crippen molar-refractivity contribution in [3.63, 3.8) is 0 Å². The zero-order valence-corrected chi connectivity index (χ0v) is 18.7. The first-order valence-corrected chi connectivity index (χ1v) is 12.3. The van der Waals surface area contributed by atoms with E-state index >= 15 is 0 Å². The van der Waals surface area contributed by atoms with Gasteiger partial charge >= 0.3 is 14.2 Å². The summed E-state index contributed by atoms with van der Waals surface area (Å²) in [6.07, 6.45) is 18.5. The summed E-state index contributed by atoms with van der Waals surface area (Å²) in [6.45, 7) is 1.73. The van der Waals surface area contributed by atoms with Crippen LogP contribution in [-0.2, 0) is 18.6 Å². The predicted octanol–water partition coefficient (Wildman–Crippen LogP) is 5.82. The molecule has 166 valence electrons. The van der Waals surface area contributed by atoms with Gasteiger partial charge in [-0.25, -0.2) is 0 Å². The fourth-order valence-electron chi connectivity index (χ4n) is 3.10. The molecule has 0 radical (unpaired) electrons. The summed E-state index contributed by atoms with van der Waals surface area (Å²) in [5.41, 5.74) is 0. The molecular weight excluding hydrogens is 379 g/mol. The summed E-state index contributed by atoms with van der Waals surface area (Å²) in [5, 5.41) is 9.41. The van der Waals surface area contributed by atoms with Crippen LogP contribution in [0.25, 0.3) is 0 Å². The first-order chi connectivity index (χ1) is 13.6. The second-order valence-electron chi connectivity index (χ2n) is 7.57. The third-order valence-electron chi connectivity index (χ3n) is 4.80. The Balaban J connectivity index is 3.24. The number of carbonyl (C=O) groups excluding carboxylic acids is 1. The van der Waals surface area contributed by atoms with Gasteiger partial charge in [-0.3, -0.25) is 4.79 Å². The number of rotatable bonds is 21. The van der Waals surface area contributed by atoms with Gasteiger partial charge in [0.05, 0.1) is 0 Å². The smallest absolute Gasteiger partial charge is 0.463 e. The molecule has 7 heteroatoms. The number of aliphatic hydroxyl groups excluding tert-OH is 1. The largest absolute Gasteiger partial charge is 0.694 e. The fourth-order valence-corrected chi connectivity index (χ4v) is 3.40. The van der Waals surface area contributed by atoms with Crippen molar-refractivity contribution in [1.82, 2.24) is 0 Å². The van der Waals surface area contributed by atoms with E-state index in [9.17, 15) is 14.5 Å². The molecule has 6 nitrogen and oxygen atoms in total. The summed E-state index contributed by atoms with van der Waals surface area (Å²) in [7, 11) is -2.74. The second kappa shape index (κ2) is 21.2. The van der Waals surface area contributed by atoms with E-state index in [1.807, 2.05) is 0 Å². The molecule has 0 aliphatic carbocycles. The number of carbonyl (C=O) groups is 1. The molecule has 0 aliphatic rings. The number of esters is 1. The Morgan fingerprint density at radius 1 is 0.786 bits per heavy atom. The number of ether oxygens (including phenoxy) is 1. The lowest BCUT2D eigenvalue weighted by Gasteiger charge is -2.08. The molecule has 0 saturated carbocycles. The van der Waals surface area contributed by atoms with Crippen LogP contribution >= 0.6 is 8.25 Å². The molecule has 0 aromatic heterocycles. The van der Waals surface area contributed by atoms with Crippen molar-refractivity contribution in [3.05, 3.63) is 0 Å². The number of hydrogen-bond acceptors (Lipinski definition) is 5. The molecule has 2 atom stereocenters. The zero-order chi connectivity index (χ0) is 20.9.